The Bertz CT molecular complexity index is 822. The normalized spacial score (nSPS) is 10.7. The van der Waals surface area contributed by atoms with Gasteiger partial charge in [-0.2, -0.15) is 0 Å². The van der Waals surface area contributed by atoms with Crippen LogP contribution in [0.2, 0.25) is 0 Å². The highest BCUT2D eigenvalue weighted by Crippen LogP contribution is 2.40. The summed E-state index contributed by atoms with van der Waals surface area (Å²) in [5.74, 6) is 3.14. The quantitative estimate of drug-likeness (QED) is 0.387. The van der Waals surface area contributed by atoms with E-state index in [4.69, 9.17) is 4.74 Å². The molecule has 0 aliphatic heterocycles. The van der Waals surface area contributed by atoms with E-state index >= 15 is 0 Å². The van der Waals surface area contributed by atoms with Gasteiger partial charge in [-0.1, -0.05) is 50.2 Å². The zero-order valence-electron chi connectivity index (χ0n) is 15.1. The van der Waals surface area contributed by atoms with E-state index in [0.29, 0.717) is 11.2 Å². The van der Waals surface area contributed by atoms with Crippen molar-refractivity contribution in [3.8, 4) is 5.75 Å². The molecule has 1 heterocycles. The molecule has 5 heteroatoms. The van der Waals surface area contributed by atoms with Crippen molar-refractivity contribution in [2.24, 2.45) is 0 Å². The second-order valence-corrected chi connectivity index (χ2v) is 8.66. The van der Waals surface area contributed by atoms with E-state index in [1.54, 1.807) is 0 Å². The predicted molar refractivity (Wildman–Crippen MR) is 119 cm³/mol. The molecule has 0 fully saturated rings. The molecular weight excluding hydrogens is 382 g/mol. The van der Waals surface area contributed by atoms with E-state index < -0.39 is 0 Å². The second kappa shape index (κ2) is 10.7. The van der Waals surface area contributed by atoms with Crippen LogP contribution >= 0.6 is 35.9 Å². The second-order valence-electron chi connectivity index (χ2n) is 5.60. The monoisotopic (exact) mass is 405 g/mol. The summed E-state index contributed by atoms with van der Waals surface area (Å²) in [6.07, 6.45) is 0. The van der Waals surface area contributed by atoms with E-state index in [9.17, 15) is 0 Å². The number of hydrogen-bond acceptors (Lipinski definition) is 4. The van der Waals surface area contributed by atoms with Crippen molar-refractivity contribution in [3.05, 3.63) is 71.9 Å². The Kier molecular flexibility index (Phi) is 8.63. The van der Waals surface area contributed by atoms with Gasteiger partial charge in [-0.15, -0.1) is 35.9 Å². The summed E-state index contributed by atoms with van der Waals surface area (Å²) in [5, 5.41) is 1.16. The fraction of sp³-hybridized carbons (Fsp3) is 0.286. The number of ether oxygens (including phenoxy) is 1. The van der Waals surface area contributed by atoms with Crippen LogP contribution in [-0.2, 0) is 6.61 Å². The minimum Gasteiger partial charge on any atom is -0.487 e. The fourth-order valence-corrected chi connectivity index (χ4v) is 5.13. The summed E-state index contributed by atoms with van der Waals surface area (Å²) in [6, 6.07) is 20.8. The van der Waals surface area contributed by atoms with Crippen molar-refractivity contribution in [1.82, 2.24) is 4.98 Å². The molecule has 0 atom stereocenters. The molecule has 138 valence electrons. The van der Waals surface area contributed by atoms with Gasteiger partial charge in [-0.3, -0.25) is 0 Å². The lowest BCUT2D eigenvalue weighted by molar-refractivity contribution is 0.301. The van der Waals surface area contributed by atoms with Crippen molar-refractivity contribution in [1.29, 1.82) is 0 Å². The molecule has 0 amide bonds. The van der Waals surface area contributed by atoms with Crippen LogP contribution < -0.4 is 4.74 Å². The Morgan fingerprint density at radius 2 is 1.69 bits per heavy atom. The lowest BCUT2D eigenvalue weighted by Crippen LogP contribution is -1.99. The van der Waals surface area contributed by atoms with Crippen LogP contribution in [0.5, 0.6) is 5.75 Å². The zero-order valence-corrected chi connectivity index (χ0v) is 17.5. The van der Waals surface area contributed by atoms with Gasteiger partial charge in [0.2, 0.25) is 0 Å². The summed E-state index contributed by atoms with van der Waals surface area (Å²) in [7, 11) is 0. The largest absolute Gasteiger partial charge is 0.487 e. The van der Waals surface area contributed by atoms with Crippen molar-refractivity contribution >= 4 is 46.8 Å². The first-order valence-corrected chi connectivity index (χ1v) is 10.7. The number of para-hydroxylation sites is 1. The third kappa shape index (κ3) is 5.57. The van der Waals surface area contributed by atoms with Crippen LogP contribution in [0.3, 0.4) is 0 Å². The molecule has 2 nitrogen and oxygen atoms in total. The van der Waals surface area contributed by atoms with Crippen molar-refractivity contribution in [2.75, 3.05) is 11.5 Å². The van der Waals surface area contributed by atoms with Gasteiger partial charge in [0.15, 0.2) is 0 Å². The lowest BCUT2D eigenvalue weighted by atomic mass is 10.2. The maximum Gasteiger partial charge on any atom is 0.130 e. The van der Waals surface area contributed by atoms with Gasteiger partial charge in [0, 0.05) is 5.39 Å². The SMILES string of the molecule is CCSC(SCC)c1cccc(OCc2ccc3ccccc3n2)c1.Cl. The third-order valence-corrected chi connectivity index (χ3v) is 6.44. The van der Waals surface area contributed by atoms with Crippen LogP contribution in [0.25, 0.3) is 10.9 Å². The predicted octanol–water partition coefficient (Wildman–Crippen LogP) is 6.74. The summed E-state index contributed by atoms with van der Waals surface area (Å²) in [4.78, 5) is 4.67. The number of benzene rings is 2. The number of nitrogens with zero attached hydrogens (tertiary/aromatic N) is 1. The molecule has 0 saturated carbocycles. The molecular formula is C21H24ClNOS2. The summed E-state index contributed by atoms with van der Waals surface area (Å²) < 4.78 is 6.48. The van der Waals surface area contributed by atoms with Crippen molar-refractivity contribution in [2.45, 2.75) is 25.0 Å². The summed E-state index contributed by atoms with van der Waals surface area (Å²) in [5.41, 5.74) is 3.28. The molecule has 0 aliphatic carbocycles. The highest BCUT2D eigenvalue weighted by Gasteiger charge is 2.11. The molecule has 3 rings (SSSR count). The zero-order chi connectivity index (χ0) is 17.5. The lowest BCUT2D eigenvalue weighted by Gasteiger charge is -2.16. The highest BCUT2D eigenvalue weighted by atomic mass is 35.5. The maximum absolute atomic E-state index is 6.01. The highest BCUT2D eigenvalue weighted by molar-refractivity contribution is 8.16. The van der Waals surface area contributed by atoms with E-state index in [2.05, 4.69) is 49.2 Å². The van der Waals surface area contributed by atoms with E-state index in [-0.39, 0.29) is 12.4 Å². The molecule has 1 aromatic heterocycles. The Morgan fingerprint density at radius 3 is 2.46 bits per heavy atom. The third-order valence-electron chi connectivity index (χ3n) is 3.81. The summed E-state index contributed by atoms with van der Waals surface area (Å²) in [6.45, 7) is 4.90. The van der Waals surface area contributed by atoms with Gasteiger partial charge in [0.25, 0.3) is 0 Å². The van der Waals surface area contributed by atoms with E-state index in [1.807, 2.05) is 53.9 Å². The molecule has 0 radical (unpaired) electrons. The molecule has 2 aromatic carbocycles. The van der Waals surface area contributed by atoms with Crippen LogP contribution in [0.4, 0.5) is 0 Å². The minimum atomic E-state index is 0. The van der Waals surface area contributed by atoms with Gasteiger partial charge in [0.05, 0.1) is 15.8 Å². The maximum atomic E-state index is 6.01. The van der Waals surface area contributed by atoms with Crippen LogP contribution in [-0.4, -0.2) is 16.5 Å². The van der Waals surface area contributed by atoms with Gasteiger partial charge in [-0.05, 0) is 41.3 Å². The number of rotatable bonds is 8. The number of pyridine rings is 1. The number of thioether (sulfide) groups is 2. The van der Waals surface area contributed by atoms with E-state index in [1.165, 1.54) is 5.56 Å². The average Bonchev–Trinajstić information content (AvgIpc) is 2.66. The first-order chi connectivity index (χ1) is 12.3. The first kappa shape index (κ1) is 20.9. The first-order valence-electron chi connectivity index (χ1n) is 8.60. The Hall–Kier alpha value is -1.36. The van der Waals surface area contributed by atoms with Gasteiger partial charge < -0.3 is 4.74 Å². The number of halogens is 1. The Balaban J connectivity index is 0.00000243. The standard InChI is InChI=1S/C21H23NOS2.ClH/c1-3-24-21(25-4-2)17-9-7-10-19(14-17)23-15-18-13-12-16-8-5-6-11-20(16)22-18;/h5-14,21H,3-4,15H2,1-2H3;1H. The molecule has 0 saturated heterocycles. The molecule has 3 aromatic rings. The molecule has 0 aliphatic rings. The Labute approximate surface area is 170 Å². The molecule has 26 heavy (non-hydrogen) atoms. The van der Waals surface area contributed by atoms with Crippen molar-refractivity contribution in [3.63, 3.8) is 0 Å². The molecule has 0 spiro atoms. The van der Waals surface area contributed by atoms with Crippen LogP contribution in [0.15, 0.2) is 60.7 Å². The smallest absolute Gasteiger partial charge is 0.130 e. The topological polar surface area (TPSA) is 22.1 Å². The minimum absolute atomic E-state index is 0. The van der Waals surface area contributed by atoms with Crippen LogP contribution in [0, 0.1) is 0 Å². The molecule has 0 bridgehead atoms. The van der Waals surface area contributed by atoms with Gasteiger partial charge in [-0.25, -0.2) is 4.98 Å². The van der Waals surface area contributed by atoms with Gasteiger partial charge in [0.1, 0.15) is 12.4 Å². The number of hydrogen-bond donors (Lipinski definition) is 0. The number of aromatic nitrogens is 1. The number of fused-ring (bicyclic) bond motifs is 1. The van der Waals surface area contributed by atoms with E-state index in [0.717, 1.165) is 33.9 Å². The Morgan fingerprint density at radius 1 is 0.923 bits per heavy atom. The van der Waals surface area contributed by atoms with Gasteiger partial charge >= 0.3 is 0 Å². The fourth-order valence-electron chi connectivity index (χ4n) is 2.64. The van der Waals surface area contributed by atoms with Crippen LogP contribution in [0.1, 0.15) is 29.7 Å². The van der Waals surface area contributed by atoms with Crippen molar-refractivity contribution < 1.29 is 4.74 Å². The summed E-state index contributed by atoms with van der Waals surface area (Å²) >= 11 is 3.95. The molecule has 0 unspecified atom stereocenters. The molecule has 0 N–H and O–H groups in total. The average molecular weight is 406 g/mol.